The van der Waals surface area contributed by atoms with Crippen molar-refractivity contribution in [3.63, 3.8) is 0 Å². The van der Waals surface area contributed by atoms with Crippen molar-refractivity contribution in [1.82, 2.24) is 4.98 Å². The van der Waals surface area contributed by atoms with Gasteiger partial charge in [-0.1, -0.05) is 13.8 Å². The summed E-state index contributed by atoms with van der Waals surface area (Å²) in [6.07, 6.45) is 4.91. The first-order valence-corrected chi connectivity index (χ1v) is 6.19. The molecule has 1 fully saturated rings. The number of anilines is 1. The summed E-state index contributed by atoms with van der Waals surface area (Å²) >= 11 is 0. The molecule has 1 saturated heterocycles. The van der Waals surface area contributed by atoms with Crippen molar-refractivity contribution in [2.75, 3.05) is 18.0 Å². The molecule has 92 valence electrons. The second-order valence-corrected chi connectivity index (χ2v) is 5.68. The topological polar surface area (TPSA) is 33.2 Å². The fraction of sp³-hybridized carbons (Fsp3) is 0.571. The quantitative estimate of drug-likeness (QED) is 0.735. The normalized spacial score (nSPS) is 19.1. The van der Waals surface area contributed by atoms with E-state index in [0.29, 0.717) is 11.0 Å². The van der Waals surface area contributed by atoms with Crippen molar-refractivity contribution in [2.24, 2.45) is 5.41 Å². The molecular formula is C14H20N2O. The molecule has 1 aromatic heterocycles. The lowest BCUT2D eigenvalue weighted by Crippen LogP contribution is -2.38. The Hall–Kier alpha value is -1.38. The van der Waals surface area contributed by atoms with Gasteiger partial charge in [0, 0.05) is 24.8 Å². The molecule has 1 aliphatic heterocycles. The van der Waals surface area contributed by atoms with Crippen LogP contribution in [0.4, 0.5) is 5.82 Å². The van der Waals surface area contributed by atoms with E-state index in [0.717, 1.165) is 30.8 Å². The van der Waals surface area contributed by atoms with Crippen molar-refractivity contribution in [3.8, 4) is 0 Å². The molecule has 0 saturated carbocycles. The van der Waals surface area contributed by atoms with Crippen LogP contribution in [0.2, 0.25) is 0 Å². The Balaban J connectivity index is 2.16. The van der Waals surface area contributed by atoms with Gasteiger partial charge in [-0.05, 0) is 36.8 Å². The SMILES string of the molecule is Cc1cc(C=O)cnc1N1CCC(C)(C)CC1. The molecule has 0 aromatic carbocycles. The molecule has 0 spiro atoms. The number of aromatic nitrogens is 1. The molecule has 1 aromatic rings. The van der Waals surface area contributed by atoms with Gasteiger partial charge in [0.05, 0.1) is 0 Å². The molecule has 0 N–H and O–H groups in total. The summed E-state index contributed by atoms with van der Waals surface area (Å²) in [6.45, 7) is 8.78. The third kappa shape index (κ3) is 2.65. The van der Waals surface area contributed by atoms with Gasteiger partial charge >= 0.3 is 0 Å². The van der Waals surface area contributed by atoms with Gasteiger partial charge in [-0.25, -0.2) is 4.98 Å². The maximum atomic E-state index is 10.7. The van der Waals surface area contributed by atoms with Gasteiger partial charge in [-0.3, -0.25) is 4.79 Å². The second-order valence-electron chi connectivity index (χ2n) is 5.68. The second kappa shape index (κ2) is 4.47. The molecule has 0 radical (unpaired) electrons. The maximum Gasteiger partial charge on any atom is 0.151 e. The fourth-order valence-electron chi connectivity index (χ4n) is 2.31. The van der Waals surface area contributed by atoms with E-state index >= 15 is 0 Å². The van der Waals surface area contributed by atoms with Crippen LogP contribution in [0.5, 0.6) is 0 Å². The average Bonchev–Trinajstić information content (AvgIpc) is 2.29. The lowest BCUT2D eigenvalue weighted by molar-refractivity contribution is 0.112. The number of hydrogen-bond acceptors (Lipinski definition) is 3. The van der Waals surface area contributed by atoms with Gasteiger partial charge in [-0.2, -0.15) is 0 Å². The predicted octanol–water partition coefficient (Wildman–Crippen LogP) is 2.83. The van der Waals surface area contributed by atoms with E-state index in [1.54, 1.807) is 6.20 Å². The van der Waals surface area contributed by atoms with Crippen LogP contribution in [0.1, 0.15) is 42.6 Å². The molecule has 2 heterocycles. The number of pyridine rings is 1. The van der Waals surface area contributed by atoms with E-state index in [1.165, 1.54) is 12.8 Å². The highest BCUT2D eigenvalue weighted by Crippen LogP contribution is 2.32. The van der Waals surface area contributed by atoms with Crippen molar-refractivity contribution < 1.29 is 4.79 Å². The molecule has 3 heteroatoms. The smallest absolute Gasteiger partial charge is 0.151 e. The number of rotatable bonds is 2. The first kappa shape index (κ1) is 12.1. The monoisotopic (exact) mass is 232 g/mol. The van der Waals surface area contributed by atoms with Crippen LogP contribution in [-0.2, 0) is 0 Å². The Bertz CT molecular complexity index is 416. The lowest BCUT2D eigenvalue weighted by Gasteiger charge is -2.38. The number of hydrogen-bond donors (Lipinski definition) is 0. The van der Waals surface area contributed by atoms with Crippen molar-refractivity contribution >= 4 is 12.1 Å². The first-order valence-electron chi connectivity index (χ1n) is 6.19. The predicted molar refractivity (Wildman–Crippen MR) is 69.6 cm³/mol. The van der Waals surface area contributed by atoms with Gasteiger partial charge in [-0.15, -0.1) is 0 Å². The minimum atomic E-state index is 0.452. The van der Waals surface area contributed by atoms with Crippen LogP contribution in [0, 0.1) is 12.3 Å². The van der Waals surface area contributed by atoms with E-state index < -0.39 is 0 Å². The fourth-order valence-corrected chi connectivity index (χ4v) is 2.31. The average molecular weight is 232 g/mol. The Labute approximate surface area is 103 Å². The zero-order valence-electron chi connectivity index (χ0n) is 10.9. The number of carbonyl (C=O) groups is 1. The molecule has 0 aliphatic carbocycles. The molecular weight excluding hydrogens is 212 g/mol. The van der Waals surface area contributed by atoms with E-state index in [2.05, 4.69) is 23.7 Å². The summed E-state index contributed by atoms with van der Waals surface area (Å²) in [5.74, 6) is 1.03. The van der Waals surface area contributed by atoms with Crippen LogP contribution < -0.4 is 4.90 Å². The third-order valence-electron chi connectivity index (χ3n) is 3.62. The summed E-state index contributed by atoms with van der Waals surface area (Å²) in [7, 11) is 0. The molecule has 0 amide bonds. The van der Waals surface area contributed by atoms with E-state index in [1.807, 2.05) is 13.0 Å². The molecule has 0 atom stereocenters. The van der Waals surface area contributed by atoms with Gasteiger partial charge in [0.2, 0.25) is 0 Å². The lowest BCUT2D eigenvalue weighted by atomic mass is 9.82. The van der Waals surface area contributed by atoms with E-state index in [4.69, 9.17) is 0 Å². The van der Waals surface area contributed by atoms with Crippen molar-refractivity contribution in [1.29, 1.82) is 0 Å². The van der Waals surface area contributed by atoms with Gasteiger partial charge in [0.1, 0.15) is 5.82 Å². The summed E-state index contributed by atoms with van der Waals surface area (Å²) < 4.78 is 0. The summed E-state index contributed by atoms with van der Waals surface area (Å²) in [5, 5.41) is 0. The minimum Gasteiger partial charge on any atom is -0.356 e. The molecule has 0 bridgehead atoms. The standard InChI is InChI=1S/C14H20N2O/c1-11-8-12(10-17)9-15-13(11)16-6-4-14(2,3)5-7-16/h8-10H,4-7H2,1-3H3. The maximum absolute atomic E-state index is 10.7. The minimum absolute atomic E-state index is 0.452. The number of carbonyl (C=O) groups excluding carboxylic acids is 1. The van der Waals surface area contributed by atoms with Crippen LogP contribution in [-0.4, -0.2) is 24.4 Å². The zero-order chi connectivity index (χ0) is 12.5. The highest BCUT2D eigenvalue weighted by molar-refractivity contribution is 5.75. The van der Waals surface area contributed by atoms with Gasteiger partial charge in [0.15, 0.2) is 6.29 Å². The van der Waals surface area contributed by atoms with Crippen LogP contribution >= 0.6 is 0 Å². The van der Waals surface area contributed by atoms with Crippen LogP contribution in [0.25, 0.3) is 0 Å². The number of nitrogens with zero attached hydrogens (tertiary/aromatic N) is 2. The Morgan fingerprint density at radius 3 is 2.53 bits per heavy atom. The molecule has 1 aliphatic rings. The van der Waals surface area contributed by atoms with Crippen LogP contribution in [0.15, 0.2) is 12.3 Å². The molecule has 0 unspecified atom stereocenters. The highest BCUT2D eigenvalue weighted by Gasteiger charge is 2.26. The molecule has 17 heavy (non-hydrogen) atoms. The Morgan fingerprint density at radius 2 is 2.00 bits per heavy atom. The van der Waals surface area contributed by atoms with E-state index in [-0.39, 0.29) is 0 Å². The summed E-state index contributed by atoms with van der Waals surface area (Å²) in [5.41, 5.74) is 2.20. The first-order chi connectivity index (χ1) is 8.02. The number of piperidine rings is 1. The molecule has 3 nitrogen and oxygen atoms in total. The van der Waals surface area contributed by atoms with Gasteiger partial charge < -0.3 is 4.90 Å². The van der Waals surface area contributed by atoms with Crippen LogP contribution in [0.3, 0.4) is 0 Å². The Kier molecular flexibility index (Phi) is 3.18. The van der Waals surface area contributed by atoms with E-state index in [9.17, 15) is 4.79 Å². The number of aryl methyl sites for hydroxylation is 1. The largest absolute Gasteiger partial charge is 0.356 e. The summed E-state index contributed by atoms with van der Waals surface area (Å²) in [6, 6.07) is 1.91. The number of aldehydes is 1. The zero-order valence-corrected chi connectivity index (χ0v) is 10.9. The molecule has 2 rings (SSSR count). The Morgan fingerprint density at radius 1 is 1.35 bits per heavy atom. The summed E-state index contributed by atoms with van der Waals surface area (Å²) in [4.78, 5) is 17.4. The van der Waals surface area contributed by atoms with Gasteiger partial charge in [0.25, 0.3) is 0 Å². The van der Waals surface area contributed by atoms with Crippen molar-refractivity contribution in [3.05, 3.63) is 23.4 Å². The van der Waals surface area contributed by atoms with Crippen molar-refractivity contribution in [2.45, 2.75) is 33.6 Å². The highest BCUT2D eigenvalue weighted by atomic mass is 16.1. The third-order valence-corrected chi connectivity index (χ3v) is 3.62.